The molecule has 2 heterocycles. The average Bonchev–Trinajstić information content (AvgIpc) is 2.65. The Balaban J connectivity index is 2.37. The summed E-state index contributed by atoms with van der Waals surface area (Å²) in [6.45, 7) is 7.62. The Morgan fingerprint density at radius 3 is 2.88 bits per heavy atom. The predicted octanol–water partition coefficient (Wildman–Crippen LogP) is 1.10. The highest BCUT2D eigenvalue weighted by molar-refractivity contribution is 5.09. The largest absolute Gasteiger partial charge is 0.350 e. The second kappa shape index (κ2) is 4.33. The van der Waals surface area contributed by atoms with E-state index in [0.29, 0.717) is 12.0 Å². The minimum atomic E-state index is -0.435. The molecule has 1 aliphatic rings. The van der Waals surface area contributed by atoms with Gasteiger partial charge in [-0.15, -0.1) is 0 Å². The van der Waals surface area contributed by atoms with Gasteiger partial charge in [-0.3, -0.25) is 14.3 Å². The predicted molar refractivity (Wildman–Crippen MR) is 64.0 cm³/mol. The lowest BCUT2D eigenvalue weighted by molar-refractivity contribution is 0.00254. The molecule has 5 heteroatoms. The van der Waals surface area contributed by atoms with Crippen molar-refractivity contribution in [2.24, 2.45) is 0 Å². The second-order valence-electron chi connectivity index (χ2n) is 4.33. The lowest BCUT2D eigenvalue weighted by Crippen LogP contribution is -2.33. The van der Waals surface area contributed by atoms with Crippen LogP contribution in [0.15, 0.2) is 27.9 Å². The molecule has 5 nitrogen and oxygen atoms in total. The Hall–Kier alpha value is -1.62. The van der Waals surface area contributed by atoms with E-state index in [1.165, 1.54) is 10.8 Å². The van der Waals surface area contributed by atoms with Crippen molar-refractivity contribution in [3.8, 4) is 0 Å². The number of ether oxygens (including phenoxy) is 1. The van der Waals surface area contributed by atoms with Crippen LogP contribution in [0.4, 0.5) is 0 Å². The topological polar surface area (TPSA) is 64.1 Å². The first kappa shape index (κ1) is 11.9. The van der Waals surface area contributed by atoms with Crippen molar-refractivity contribution in [3.05, 3.63) is 44.8 Å². The number of aromatic nitrogens is 2. The Labute approximate surface area is 98.7 Å². The van der Waals surface area contributed by atoms with Crippen molar-refractivity contribution in [1.82, 2.24) is 9.55 Å². The zero-order valence-corrected chi connectivity index (χ0v) is 10.0. The van der Waals surface area contributed by atoms with Crippen molar-refractivity contribution in [3.63, 3.8) is 0 Å². The van der Waals surface area contributed by atoms with E-state index in [0.717, 1.165) is 12.0 Å². The summed E-state index contributed by atoms with van der Waals surface area (Å²) in [6, 6.07) is 0. The smallest absolute Gasteiger partial charge is 0.330 e. The van der Waals surface area contributed by atoms with Gasteiger partial charge in [0.15, 0.2) is 0 Å². The number of nitrogens with one attached hydrogen (secondary N) is 1. The van der Waals surface area contributed by atoms with Crippen LogP contribution >= 0.6 is 0 Å². The maximum Gasteiger partial charge on any atom is 0.330 e. The van der Waals surface area contributed by atoms with Crippen molar-refractivity contribution < 1.29 is 4.74 Å². The lowest BCUT2D eigenvalue weighted by Gasteiger charge is -2.14. The average molecular weight is 236 g/mol. The summed E-state index contributed by atoms with van der Waals surface area (Å²) < 4.78 is 7.15. The summed E-state index contributed by atoms with van der Waals surface area (Å²) in [5.74, 6) is 0. The molecule has 0 saturated carbocycles. The van der Waals surface area contributed by atoms with E-state index in [2.05, 4.69) is 11.6 Å². The summed E-state index contributed by atoms with van der Waals surface area (Å²) in [7, 11) is 0. The van der Waals surface area contributed by atoms with Crippen molar-refractivity contribution >= 4 is 0 Å². The molecule has 1 aliphatic heterocycles. The minimum Gasteiger partial charge on any atom is -0.350 e. The van der Waals surface area contributed by atoms with E-state index in [4.69, 9.17) is 4.74 Å². The van der Waals surface area contributed by atoms with Gasteiger partial charge in [0.25, 0.3) is 5.56 Å². The fourth-order valence-electron chi connectivity index (χ4n) is 2.04. The number of rotatable bonds is 2. The van der Waals surface area contributed by atoms with Crippen LogP contribution in [0, 0.1) is 6.92 Å². The van der Waals surface area contributed by atoms with Crippen LogP contribution in [-0.4, -0.2) is 15.7 Å². The van der Waals surface area contributed by atoms with Gasteiger partial charge in [0.05, 0.1) is 6.10 Å². The SMILES string of the molecule is C=C1C[C@H](n2cc(C)c(=O)[nH]c2=O)O[C@@H]1CC. The van der Waals surface area contributed by atoms with Crippen LogP contribution in [0.5, 0.6) is 0 Å². The summed E-state index contributed by atoms with van der Waals surface area (Å²) in [5, 5.41) is 0. The minimum absolute atomic E-state index is 0.000802. The number of H-pyrrole nitrogens is 1. The van der Waals surface area contributed by atoms with Crippen LogP contribution in [0.1, 0.15) is 31.6 Å². The highest BCUT2D eigenvalue weighted by Gasteiger charge is 2.29. The van der Waals surface area contributed by atoms with E-state index < -0.39 is 5.69 Å². The Bertz CT molecular complexity index is 556. The molecule has 0 bridgehead atoms. The molecule has 1 fully saturated rings. The molecule has 2 atom stereocenters. The Morgan fingerprint density at radius 2 is 2.29 bits per heavy atom. The summed E-state index contributed by atoms with van der Waals surface area (Å²) in [6.07, 6.45) is 2.64. The normalized spacial score (nSPS) is 24.2. The number of hydrogen-bond donors (Lipinski definition) is 1. The number of aryl methyl sites for hydroxylation is 1. The quantitative estimate of drug-likeness (QED) is 0.782. The standard InChI is InChI=1S/C12H16N2O3/c1-4-9-7(2)5-10(17-9)14-6-8(3)11(15)13-12(14)16/h6,9-10H,2,4-5H2,1,3H3,(H,13,15,16)/t9-,10-/m1/s1. The zero-order chi connectivity index (χ0) is 12.6. The maximum absolute atomic E-state index is 11.7. The van der Waals surface area contributed by atoms with E-state index in [-0.39, 0.29) is 17.9 Å². The van der Waals surface area contributed by atoms with Crippen LogP contribution in [0.2, 0.25) is 0 Å². The molecular weight excluding hydrogens is 220 g/mol. The zero-order valence-electron chi connectivity index (χ0n) is 10.0. The first-order chi connectivity index (χ1) is 8.02. The number of hydrogen-bond acceptors (Lipinski definition) is 3. The number of aromatic amines is 1. The molecule has 0 aliphatic carbocycles. The third-order valence-electron chi connectivity index (χ3n) is 3.04. The summed E-state index contributed by atoms with van der Waals surface area (Å²) in [4.78, 5) is 25.2. The lowest BCUT2D eigenvalue weighted by atomic mass is 10.1. The van der Waals surface area contributed by atoms with Gasteiger partial charge in [-0.1, -0.05) is 13.5 Å². The molecule has 0 amide bonds. The molecule has 0 aromatic carbocycles. The molecule has 0 radical (unpaired) electrons. The van der Waals surface area contributed by atoms with Crippen molar-refractivity contribution in [2.75, 3.05) is 0 Å². The van der Waals surface area contributed by atoms with Gasteiger partial charge in [-0.25, -0.2) is 4.79 Å². The van der Waals surface area contributed by atoms with Crippen LogP contribution < -0.4 is 11.2 Å². The molecule has 1 saturated heterocycles. The second-order valence-corrected chi connectivity index (χ2v) is 4.33. The van der Waals surface area contributed by atoms with Crippen LogP contribution in [-0.2, 0) is 4.74 Å². The van der Waals surface area contributed by atoms with Crippen molar-refractivity contribution in [2.45, 2.75) is 39.0 Å². The molecule has 92 valence electrons. The molecular formula is C12H16N2O3. The third kappa shape index (κ3) is 2.10. The van der Waals surface area contributed by atoms with Crippen LogP contribution in [0.25, 0.3) is 0 Å². The van der Waals surface area contributed by atoms with Crippen molar-refractivity contribution in [1.29, 1.82) is 0 Å². The summed E-state index contributed by atoms with van der Waals surface area (Å²) >= 11 is 0. The van der Waals surface area contributed by atoms with Gasteiger partial charge >= 0.3 is 5.69 Å². The van der Waals surface area contributed by atoms with Gasteiger partial charge in [0.2, 0.25) is 0 Å². The molecule has 1 aromatic rings. The first-order valence-electron chi connectivity index (χ1n) is 5.68. The number of nitrogens with zero attached hydrogens (tertiary/aromatic N) is 1. The third-order valence-corrected chi connectivity index (χ3v) is 3.04. The fourth-order valence-corrected chi connectivity index (χ4v) is 2.04. The summed E-state index contributed by atoms with van der Waals surface area (Å²) in [5.41, 5.74) is 0.706. The molecule has 0 unspecified atom stereocenters. The Morgan fingerprint density at radius 1 is 1.59 bits per heavy atom. The molecule has 0 spiro atoms. The molecule has 1 aromatic heterocycles. The van der Waals surface area contributed by atoms with Gasteiger partial charge in [0, 0.05) is 18.2 Å². The van der Waals surface area contributed by atoms with E-state index in [1.807, 2.05) is 6.92 Å². The van der Waals surface area contributed by atoms with E-state index >= 15 is 0 Å². The molecule has 1 N–H and O–H groups in total. The highest BCUT2D eigenvalue weighted by Crippen LogP contribution is 2.32. The van der Waals surface area contributed by atoms with Gasteiger partial charge < -0.3 is 4.74 Å². The highest BCUT2D eigenvalue weighted by atomic mass is 16.5. The first-order valence-corrected chi connectivity index (χ1v) is 5.68. The maximum atomic E-state index is 11.7. The Kier molecular flexibility index (Phi) is 3.02. The van der Waals surface area contributed by atoms with Gasteiger partial charge in [-0.05, 0) is 18.9 Å². The fraction of sp³-hybridized carbons (Fsp3) is 0.500. The molecule has 17 heavy (non-hydrogen) atoms. The molecule has 2 rings (SSSR count). The van der Waals surface area contributed by atoms with Gasteiger partial charge in [-0.2, -0.15) is 0 Å². The monoisotopic (exact) mass is 236 g/mol. The van der Waals surface area contributed by atoms with Crippen LogP contribution in [0.3, 0.4) is 0 Å². The van der Waals surface area contributed by atoms with Gasteiger partial charge in [0.1, 0.15) is 6.23 Å². The van der Waals surface area contributed by atoms with E-state index in [1.54, 1.807) is 6.92 Å². The van der Waals surface area contributed by atoms with E-state index in [9.17, 15) is 9.59 Å².